The van der Waals surface area contributed by atoms with Crippen molar-refractivity contribution in [1.29, 1.82) is 0 Å². The van der Waals surface area contributed by atoms with E-state index in [1.165, 1.54) is 6.42 Å². The summed E-state index contributed by atoms with van der Waals surface area (Å²) in [6.07, 6.45) is 4.02. The van der Waals surface area contributed by atoms with Crippen LogP contribution in [0.3, 0.4) is 0 Å². The molecule has 2 fully saturated rings. The van der Waals surface area contributed by atoms with Crippen molar-refractivity contribution in [2.75, 3.05) is 11.9 Å². The fourth-order valence-electron chi connectivity index (χ4n) is 3.64. The predicted molar refractivity (Wildman–Crippen MR) is 75.4 cm³/mol. The van der Waals surface area contributed by atoms with Gasteiger partial charge in [0.2, 0.25) is 11.8 Å². The van der Waals surface area contributed by atoms with Gasteiger partial charge in [0.05, 0.1) is 11.3 Å². The van der Waals surface area contributed by atoms with Crippen molar-refractivity contribution < 1.29 is 9.59 Å². The molecule has 2 amide bonds. The quantitative estimate of drug-likeness (QED) is 0.887. The summed E-state index contributed by atoms with van der Waals surface area (Å²) in [6, 6.07) is 8.18. The van der Waals surface area contributed by atoms with Gasteiger partial charge in [-0.05, 0) is 37.3 Å². The molecule has 0 saturated heterocycles. The maximum Gasteiger partial charge on any atom is 0.238 e. The van der Waals surface area contributed by atoms with Crippen LogP contribution in [0, 0.1) is 5.92 Å². The highest BCUT2D eigenvalue weighted by Gasteiger charge is 2.69. The van der Waals surface area contributed by atoms with E-state index < -0.39 is 5.41 Å². The van der Waals surface area contributed by atoms with E-state index in [0.29, 0.717) is 12.5 Å². The molecule has 4 heteroatoms. The normalized spacial score (nSPS) is 31.1. The predicted octanol–water partition coefficient (Wildman–Crippen LogP) is 1.59. The fraction of sp³-hybridized carbons (Fsp3) is 0.500. The molecule has 1 aromatic rings. The van der Waals surface area contributed by atoms with Crippen LogP contribution in [0.15, 0.2) is 24.3 Å². The Labute approximate surface area is 118 Å². The molecule has 0 bridgehead atoms. The third kappa shape index (κ3) is 1.37. The molecule has 4 rings (SSSR count). The third-order valence-electron chi connectivity index (χ3n) is 5.16. The van der Waals surface area contributed by atoms with Gasteiger partial charge in [-0.25, -0.2) is 0 Å². The fourth-order valence-corrected chi connectivity index (χ4v) is 3.64. The second kappa shape index (κ2) is 3.84. The van der Waals surface area contributed by atoms with Gasteiger partial charge >= 0.3 is 0 Å². The average Bonchev–Trinajstić information content (AvgIpc) is 3.13. The highest BCUT2D eigenvalue weighted by Crippen LogP contribution is 2.61. The molecule has 1 spiro atoms. The van der Waals surface area contributed by atoms with E-state index >= 15 is 0 Å². The number of likely N-dealkylation sites (N-methyl/N-ethyl adjacent to an activating group) is 1. The molecule has 1 aromatic carbocycles. The van der Waals surface area contributed by atoms with Crippen LogP contribution in [0.5, 0.6) is 0 Å². The number of rotatable bonds is 2. The first-order valence-corrected chi connectivity index (χ1v) is 7.32. The topological polar surface area (TPSA) is 49.4 Å². The largest absolute Gasteiger partial charge is 0.353 e. The summed E-state index contributed by atoms with van der Waals surface area (Å²) in [7, 11) is 1.80. The highest BCUT2D eigenvalue weighted by atomic mass is 16.2. The van der Waals surface area contributed by atoms with Crippen LogP contribution in [-0.4, -0.2) is 24.9 Å². The number of hydrogen-bond donors (Lipinski definition) is 1. The molecule has 1 N–H and O–H groups in total. The Kier molecular flexibility index (Phi) is 2.29. The number of amides is 2. The minimum absolute atomic E-state index is 0.0631. The molecule has 1 aliphatic heterocycles. The highest BCUT2D eigenvalue weighted by molar-refractivity contribution is 6.13. The maximum atomic E-state index is 12.6. The van der Waals surface area contributed by atoms with Gasteiger partial charge in [-0.1, -0.05) is 18.2 Å². The lowest BCUT2D eigenvalue weighted by atomic mass is 9.91. The molecule has 0 unspecified atom stereocenters. The van der Waals surface area contributed by atoms with Crippen molar-refractivity contribution >= 4 is 17.5 Å². The first-order chi connectivity index (χ1) is 9.64. The number of para-hydroxylation sites is 1. The Morgan fingerprint density at radius 2 is 2.10 bits per heavy atom. The zero-order chi connectivity index (χ0) is 13.9. The van der Waals surface area contributed by atoms with E-state index in [4.69, 9.17) is 0 Å². The van der Waals surface area contributed by atoms with Crippen molar-refractivity contribution in [3.63, 3.8) is 0 Å². The molecular weight excluding hydrogens is 252 g/mol. The smallest absolute Gasteiger partial charge is 0.238 e. The van der Waals surface area contributed by atoms with E-state index in [1.54, 1.807) is 11.9 Å². The molecule has 3 aliphatic rings. The minimum Gasteiger partial charge on any atom is -0.353 e. The van der Waals surface area contributed by atoms with E-state index in [2.05, 4.69) is 5.32 Å². The van der Waals surface area contributed by atoms with Crippen LogP contribution in [0.4, 0.5) is 5.69 Å². The molecular formula is C16H18N2O2. The summed E-state index contributed by atoms with van der Waals surface area (Å²) in [5.41, 5.74) is 1.41. The Hall–Kier alpha value is -1.84. The minimum atomic E-state index is -0.570. The van der Waals surface area contributed by atoms with Gasteiger partial charge in [0.25, 0.3) is 0 Å². The van der Waals surface area contributed by atoms with Gasteiger partial charge in [-0.15, -0.1) is 0 Å². The number of fused-ring (bicyclic) bond motifs is 2. The van der Waals surface area contributed by atoms with Gasteiger partial charge in [0.15, 0.2) is 0 Å². The molecule has 2 atom stereocenters. The Balaban J connectivity index is 1.63. The molecule has 4 nitrogen and oxygen atoms in total. The summed E-state index contributed by atoms with van der Waals surface area (Å²) in [6.45, 7) is 0. The van der Waals surface area contributed by atoms with E-state index in [9.17, 15) is 9.59 Å². The van der Waals surface area contributed by atoms with Crippen molar-refractivity contribution in [2.24, 2.45) is 5.92 Å². The van der Waals surface area contributed by atoms with Gasteiger partial charge in [0, 0.05) is 18.8 Å². The van der Waals surface area contributed by atoms with Gasteiger partial charge < -0.3 is 10.2 Å². The number of carbonyl (C=O) groups is 2. The second-order valence-electron chi connectivity index (χ2n) is 6.25. The number of nitrogens with one attached hydrogen (secondary N) is 1. The van der Waals surface area contributed by atoms with E-state index in [1.807, 2.05) is 24.3 Å². The zero-order valence-electron chi connectivity index (χ0n) is 11.6. The maximum absolute atomic E-state index is 12.6. The molecule has 104 valence electrons. The number of anilines is 1. The van der Waals surface area contributed by atoms with Gasteiger partial charge in [0.1, 0.15) is 0 Å². The van der Waals surface area contributed by atoms with Crippen molar-refractivity contribution in [2.45, 2.75) is 37.1 Å². The zero-order valence-corrected chi connectivity index (χ0v) is 11.6. The van der Waals surface area contributed by atoms with E-state index in [-0.39, 0.29) is 17.7 Å². The number of benzene rings is 1. The van der Waals surface area contributed by atoms with E-state index in [0.717, 1.165) is 24.1 Å². The first kappa shape index (κ1) is 11.9. The van der Waals surface area contributed by atoms with Gasteiger partial charge in [-0.2, -0.15) is 0 Å². The summed E-state index contributed by atoms with van der Waals surface area (Å²) in [4.78, 5) is 26.6. The molecule has 1 heterocycles. The number of carbonyl (C=O) groups excluding carboxylic acids is 2. The summed E-state index contributed by atoms with van der Waals surface area (Å²) in [5.74, 6) is -0.0395. The molecule has 20 heavy (non-hydrogen) atoms. The van der Waals surface area contributed by atoms with Crippen LogP contribution in [0.2, 0.25) is 0 Å². The molecule has 2 saturated carbocycles. The third-order valence-corrected chi connectivity index (χ3v) is 5.16. The summed E-state index contributed by atoms with van der Waals surface area (Å²) in [5, 5.41) is 3.09. The van der Waals surface area contributed by atoms with Crippen molar-refractivity contribution in [1.82, 2.24) is 5.32 Å². The van der Waals surface area contributed by atoms with Gasteiger partial charge in [-0.3, -0.25) is 9.59 Å². The first-order valence-electron chi connectivity index (χ1n) is 7.32. The van der Waals surface area contributed by atoms with Crippen LogP contribution in [-0.2, 0) is 15.0 Å². The average molecular weight is 270 g/mol. The molecule has 0 aromatic heterocycles. The Morgan fingerprint density at radius 1 is 1.35 bits per heavy atom. The lowest BCUT2D eigenvalue weighted by Crippen LogP contribution is -2.42. The second-order valence-corrected chi connectivity index (χ2v) is 6.25. The number of nitrogens with zero attached hydrogens (tertiary/aromatic N) is 1. The van der Waals surface area contributed by atoms with Crippen LogP contribution in [0.1, 0.15) is 31.2 Å². The van der Waals surface area contributed by atoms with Crippen LogP contribution in [0.25, 0.3) is 0 Å². The Morgan fingerprint density at radius 3 is 2.80 bits per heavy atom. The SMILES string of the molecule is CN1C(=O)[C@@]2(C[C@@H]2C(=O)NC2CCC2)c2ccccc21. The number of hydrogen-bond acceptors (Lipinski definition) is 2. The lowest BCUT2D eigenvalue weighted by Gasteiger charge is -2.26. The lowest BCUT2D eigenvalue weighted by molar-refractivity contribution is -0.127. The standard InChI is InChI=1S/C16H18N2O2/c1-18-13-8-3-2-7-11(13)16(15(18)20)9-12(16)14(19)17-10-5-4-6-10/h2-3,7-8,10,12H,4-6,9H2,1H3,(H,17,19)/t12-,16+/m1/s1. The summed E-state index contributed by atoms with van der Waals surface area (Å²) >= 11 is 0. The van der Waals surface area contributed by atoms with Crippen LogP contribution >= 0.6 is 0 Å². The van der Waals surface area contributed by atoms with Crippen LogP contribution < -0.4 is 10.2 Å². The molecule has 2 aliphatic carbocycles. The van der Waals surface area contributed by atoms with Crippen molar-refractivity contribution in [3.8, 4) is 0 Å². The van der Waals surface area contributed by atoms with Crippen molar-refractivity contribution in [3.05, 3.63) is 29.8 Å². The molecule has 0 radical (unpaired) electrons. The Bertz CT molecular complexity index is 608. The monoisotopic (exact) mass is 270 g/mol. The summed E-state index contributed by atoms with van der Waals surface area (Å²) < 4.78 is 0.